The minimum absolute atomic E-state index is 0.0862. The highest BCUT2D eigenvalue weighted by Gasteiger charge is 2.45. The van der Waals surface area contributed by atoms with Crippen LogP contribution in [0.2, 0.25) is 0 Å². The summed E-state index contributed by atoms with van der Waals surface area (Å²) in [4.78, 5) is 0. The van der Waals surface area contributed by atoms with Crippen LogP contribution in [0.4, 0.5) is 17.6 Å². The van der Waals surface area contributed by atoms with Crippen LogP contribution in [0.1, 0.15) is 155 Å². The van der Waals surface area contributed by atoms with Gasteiger partial charge in [-0.05, 0) is 125 Å². The van der Waals surface area contributed by atoms with Gasteiger partial charge in [-0.15, -0.1) is 0 Å². The zero-order chi connectivity index (χ0) is 29.9. The van der Waals surface area contributed by atoms with Crippen molar-refractivity contribution in [2.75, 3.05) is 6.61 Å². The molecule has 4 aliphatic rings. The Kier molecular flexibility index (Phi) is 14.8. The molecular formula is C37H64F4O. The lowest BCUT2D eigenvalue weighted by molar-refractivity contribution is -0.0355. The van der Waals surface area contributed by atoms with Gasteiger partial charge < -0.3 is 4.74 Å². The fourth-order valence-corrected chi connectivity index (χ4v) is 9.48. The highest BCUT2D eigenvalue weighted by molar-refractivity contribution is 4.94. The Bertz CT molecular complexity index is 719. The zero-order valence-corrected chi connectivity index (χ0v) is 27.1. The molecule has 8 unspecified atom stereocenters. The lowest BCUT2D eigenvalue weighted by Crippen LogP contribution is -2.43. The third-order valence-corrected chi connectivity index (χ3v) is 12.4. The summed E-state index contributed by atoms with van der Waals surface area (Å²) in [6, 6.07) is 0. The monoisotopic (exact) mass is 600 g/mol. The van der Waals surface area contributed by atoms with Crippen molar-refractivity contribution >= 4 is 0 Å². The van der Waals surface area contributed by atoms with E-state index in [-0.39, 0.29) is 23.7 Å². The van der Waals surface area contributed by atoms with Gasteiger partial charge in [0.05, 0.1) is 6.10 Å². The van der Waals surface area contributed by atoms with Crippen LogP contribution in [0.15, 0.2) is 0 Å². The van der Waals surface area contributed by atoms with Gasteiger partial charge in [0.2, 0.25) is 0 Å². The summed E-state index contributed by atoms with van der Waals surface area (Å²) in [7, 11) is 0. The maximum Gasteiger partial charge on any atom is 0.134 e. The normalized spacial score (nSPS) is 41.6. The van der Waals surface area contributed by atoms with Crippen molar-refractivity contribution in [2.24, 2.45) is 41.4 Å². The molecule has 4 rings (SSSR count). The van der Waals surface area contributed by atoms with Crippen molar-refractivity contribution in [1.29, 1.82) is 0 Å². The van der Waals surface area contributed by atoms with E-state index in [4.69, 9.17) is 4.74 Å². The number of rotatable bonds is 15. The predicted octanol–water partition coefficient (Wildman–Crippen LogP) is 11.7. The number of hydrogen-bond donors (Lipinski definition) is 0. The number of hydrogen-bond acceptors (Lipinski definition) is 1. The van der Waals surface area contributed by atoms with E-state index >= 15 is 17.6 Å². The average molecular weight is 601 g/mol. The first kappa shape index (κ1) is 34.6. The van der Waals surface area contributed by atoms with E-state index in [1.807, 2.05) is 0 Å². The molecule has 5 heteroatoms. The minimum Gasteiger partial charge on any atom is -0.378 e. The number of ether oxygens (including phenoxy) is 1. The molecule has 42 heavy (non-hydrogen) atoms. The van der Waals surface area contributed by atoms with Gasteiger partial charge in [0, 0.05) is 6.61 Å². The van der Waals surface area contributed by atoms with Crippen molar-refractivity contribution in [3.8, 4) is 0 Å². The zero-order valence-electron chi connectivity index (χ0n) is 27.1. The number of alkyl halides is 4. The van der Waals surface area contributed by atoms with Gasteiger partial charge >= 0.3 is 0 Å². The fourth-order valence-electron chi connectivity index (χ4n) is 9.48. The van der Waals surface area contributed by atoms with Crippen LogP contribution in [-0.4, -0.2) is 37.4 Å². The Balaban J connectivity index is 1.12. The average Bonchev–Trinajstić information content (AvgIpc) is 3.01. The van der Waals surface area contributed by atoms with E-state index < -0.39 is 24.7 Å². The predicted molar refractivity (Wildman–Crippen MR) is 167 cm³/mol. The lowest BCUT2D eigenvalue weighted by Gasteiger charge is -2.42. The highest BCUT2D eigenvalue weighted by Crippen LogP contribution is 2.47. The molecule has 0 radical (unpaired) electrons. The lowest BCUT2D eigenvalue weighted by atomic mass is 9.66. The summed E-state index contributed by atoms with van der Waals surface area (Å²) in [5.74, 6) is 0.669. The first-order chi connectivity index (χ1) is 20.4. The van der Waals surface area contributed by atoms with Gasteiger partial charge in [-0.2, -0.15) is 0 Å². The molecule has 1 nitrogen and oxygen atoms in total. The van der Waals surface area contributed by atoms with Crippen LogP contribution >= 0.6 is 0 Å². The summed E-state index contributed by atoms with van der Waals surface area (Å²) < 4.78 is 67.1. The summed E-state index contributed by atoms with van der Waals surface area (Å²) in [5.41, 5.74) is 0. The van der Waals surface area contributed by atoms with Gasteiger partial charge in [0.1, 0.15) is 24.7 Å². The molecule has 0 N–H and O–H groups in total. The molecule has 0 amide bonds. The molecule has 0 aromatic carbocycles. The summed E-state index contributed by atoms with van der Waals surface area (Å²) in [5, 5.41) is 0. The van der Waals surface area contributed by atoms with Gasteiger partial charge in [0.25, 0.3) is 0 Å². The molecule has 0 heterocycles. The molecule has 0 saturated heterocycles. The Hall–Kier alpha value is -0.320. The number of halogens is 4. The third kappa shape index (κ3) is 9.59. The maximum absolute atomic E-state index is 15.4. The van der Waals surface area contributed by atoms with Crippen molar-refractivity contribution in [2.45, 2.75) is 186 Å². The summed E-state index contributed by atoms with van der Waals surface area (Å²) in [6.07, 6.45) is 17.1. The van der Waals surface area contributed by atoms with Gasteiger partial charge in [-0.3, -0.25) is 0 Å². The molecule has 4 saturated carbocycles. The van der Waals surface area contributed by atoms with Crippen LogP contribution < -0.4 is 0 Å². The molecule has 0 spiro atoms. The molecule has 4 fully saturated rings. The molecule has 0 aromatic heterocycles. The first-order valence-corrected chi connectivity index (χ1v) is 18.6. The van der Waals surface area contributed by atoms with Gasteiger partial charge in [0.15, 0.2) is 0 Å². The van der Waals surface area contributed by atoms with E-state index in [2.05, 4.69) is 13.8 Å². The maximum atomic E-state index is 15.4. The van der Waals surface area contributed by atoms with Crippen molar-refractivity contribution < 1.29 is 22.3 Å². The van der Waals surface area contributed by atoms with Gasteiger partial charge in [-0.25, -0.2) is 17.6 Å². The van der Waals surface area contributed by atoms with Crippen molar-refractivity contribution in [3.05, 3.63) is 0 Å². The first-order valence-electron chi connectivity index (χ1n) is 18.6. The van der Waals surface area contributed by atoms with Crippen LogP contribution in [0, 0.1) is 41.4 Å². The Labute approximate surface area is 256 Å². The second-order valence-electron chi connectivity index (χ2n) is 15.1. The van der Waals surface area contributed by atoms with E-state index in [0.29, 0.717) is 23.9 Å². The Morgan fingerprint density at radius 3 is 1.57 bits per heavy atom. The topological polar surface area (TPSA) is 9.23 Å². The van der Waals surface area contributed by atoms with Crippen LogP contribution in [0.25, 0.3) is 0 Å². The molecule has 4 aliphatic carbocycles. The van der Waals surface area contributed by atoms with Crippen LogP contribution in [-0.2, 0) is 4.74 Å². The number of unbranched alkanes of at least 4 members (excludes halogenated alkanes) is 5. The molecule has 0 bridgehead atoms. The largest absolute Gasteiger partial charge is 0.378 e. The molecule has 0 aromatic rings. The Morgan fingerprint density at radius 2 is 1.00 bits per heavy atom. The minimum atomic E-state index is -1.32. The molecule has 246 valence electrons. The highest BCUT2D eigenvalue weighted by atomic mass is 19.2. The Morgan fingerprint density at radius 1 is 0.476 bits per heavy atom. The SMILES string of the molecule is CCCCCCCC1CCC(C2CCC(CCC3CCC(C4CCC(OCCCC)CC4)C(F)C3F)CC2)C(F)C1F. The summed E-state index contributed by atoms with van der Waals surface area (Å²) in [6.45, 7) is 5.19. The van der Waals surface area contributed by atoms with E-state index in [1.165, 1.54) is 19.3 Å². The molecule has 8 atom stereocenters. The van der Waals surface area contributed by atoms with Gasteiger partial charge in [-0.1, -0.05) is 71.6 Å². The van der Waals surface area contributed by atoms with Crippen LogP contribution in [0.5, 0.6) is 0 Å². The van der Waals surface area contributed by atoms with Crippen molar-refractivity contribution in [3.63, 3.8) is 0 Å². The standard InChI is InChI=1S/C37H64F4O/c1-3-5-7-8-9-10-29-19-23-32(36(40)34(29)38)27-14-11-26(12-15-27)13-16-30-20-24-33(37(41)35(30)39)28-17-21-31(22-18-28)42-25-6-4-2/h26-37H,3-25H2,1-2H3. The van der Waals surface area contributed by atoms with E-state index in [9.17, 15) is 0 Å². The van der Waals surface area contributed by atoms with E-state index in [1.54, 1.807) is 0 Å². The third-order valence-electron chi connectivity index (χ3n) is 12.4. The second-order valence-corrected chi connectivity index (χ2v) is 15.1. The molecular weight excluding hydrogens is 536 g/mol. The summed E-state index contributed by atoms with van der Waals surface area (Å²) >= 11 is 0. The van der Waals surface area contributed by atoms with E-state index in [0.717, 1.165) is 129 Å². The quantitative estimate of drug-likeness (QED) is 0.134. The van der Waals surface area contributed by atoms with Crippen LogP contribution in [0.3, 0.4) is 0 Å². The second kappa shape index (κ2) is 18.0. The smallest absolute Gasteiger partial charge is 0.134 e. The molecule has 0 aliphatic heterocycles. The fraction of sp³-hybridized carbons (Fsp3) is 1.00. The van der Waals surface area contributed by atoms with Crippen molar-refractivity contribution in [1.82, 2.24) is 0 Å².